The molecule has 4 N–H and O–H groups in total. The van der Waals surface area contributed by atoms with E-state index in [0.717, 1.165) is 44.3 Å². The third kappa shape index (κ3) is 38.2. The average Bonchev–Trinajstić information content (AvgIpc) is 2.71. The van der Waals surface area contributed by atoms with Crippen molar-refractivity contribution < 1.29 is 49.1 Å². The van der Waals surface area contributed by atoms with Crippen LogP contribution in [0.15, 0.2) is 12.2 Å². The van der Waals surface area contributed by atoms with Gasteiger partial charge in [0.05, 0.1) is 13.2 Å². The van der Waals surface area contributed by atoms with Crippen molar-refractivity contribution in [3.63, 3.8) is 0 Å². The van der Waals surface area contributed by atoms with Crippen LogP contribution in [0.3, 0.4) is 0 Å². The fraction of sp³-hybridized carbons (Fsp3) is 0.727. The molecule has 0 saturated carbocycles. The largest absolute Gasteiger partial charge is 0.481 e. The van der Waals surface area contributed by atoms with Gasteiger partial charge < -0.3 is 29.9 Å². The Morgan fingerprint density at radius 3 is 1.69 bits per heavy atom. The molecule has 0 aliphatic rings. The number of carbonyl (C=O) groups is 4. The predicted molar refractivity (Wildman–Crippen MR) is 118 cm³/mol. The van der Waals surface area contributed by atoms with E-state index in [9.17, 15) is 19.2 Å². The van der Waals surface area contributed by atoms with Gasteiger partial charge in [-0.1, -0.05) is 40.0 Å². The van der Waals surface area contributed by atoms with E-state index in [1.54, 1.807) is 0 Å². The average molecular weight is 465 g/mol. The highest BCUT2D eigenvalue weighted by Gasteiger charge is 2.03. The number of hydrogen-bond acceptors (Lipinski definition) is 8. The third-order valence-corrected chi connectivity index (χ3v) is 3.43. The Bertz CT molecular complexity index is 515. The van der Waals surface area contributed by atoms with E-state index >= 15 is 0 Å². The number of aliphatic hydroxyl groups is 2. The fourth-order valence-electron chi connectivity index (χ4n) is 1.71. The van der Waals surface area contributed by atoms with Crippen LogP contribution < -0.4 is 0 Å². The van der Waals surface area contributed by atoms with E-state index in [0.29, 0.717) is 38.9 Å². The minimum absolute atomic E-state index is 0.127. The molecule has 0 rings (SSSR count). The van der Waals surface area contributed by atoms with Crippen molar-refractivity contribution in [2.24, 2.45) is 0 Å². The van der Waals surface area contributed by atoms with E-state index in [2.05, 4.69) is 4.74 Å². The summed E-state index contributed by atoms with van der Waals surface area (Å²) in [6.07, 6.45) is 7.10. The number of ether oxygens (including phenoxy) is 2. The van der Waals surface area contributed by atoms with Gasteiger partial charge in [-0.2, -0.15) is 0 Å². The number of aliphatic carboxylic acids is 2. The lowest BCUT2D eigenvalue weighted by atomic mass is 10.2. The number of esters is 2. The van der Waals surface area contributed by atoms with Gasteiger partial charge >= 0.3 is 23.9 Å². The first-order valence-corrected chi connectivity index (χ1v) is 10.9. The maximum atomic E-state index is 11.0. The molecule has 0 aliphatic carbocycles. The van der Waals surface area contributed by atoms with Gasteiger partial charge in [-0.3, -0.25) is 9.59 Å². The number of rotatable bonds is 15. The van der Waals surface area contributed by atoms with Crippen LogP contribution in [-0.4, -0.2) is 63.8 Å². The smallest absolute Gasteiger partial charge is 0.331 e. The molecule has 0 aromatic carbocycles. The number of carboxylic acids is 2. The van der Waals surface area contributed by atoms with Crippen LogP contribution in [0.4, 0.5) is 0 Å². The van der Waals surface area contributed by atoms with E-state index in [4.69, 9.17) is 25.2 Å². The third-order valence-electron chi connectivity index (χ3n) is 3.43. The van der Waals surface area contributed by atoms with Crippen molar-refractivity contribution in [3.05, 3.63) is 12.2 Å². The zero-order valence-corrected chi connectivity index (χ0v) is 19.5. The normalized spacial score (nSPS) is 9.94. The Morgan fingerprint density at radius 2 is 1.28 bits per heavy atom. The summed E-state index contributed by atoms with van der Waals surface area (Å²) in [6, 6.07) is 0. The number of carboxylic acid groups (broad SMARTS) is 2. The molecule has 0 saturated heterocycles. The lowest BCUT2D eigenvalue weighted by molar-refractivity contribution is -0.144. The lowest BCUT2D eigenvalue weighted by Gasteiger charge is -2.02. The Hall–Kier alpha value is -2.46. The first-order valence-electron chi connectivity index (χ1n) is 10.9. The second-order valence-corrected chi connectivity index (χ2v) is 6.64. The minimum Gasteiger partial charge on any atom is -0.481 e. The summed E-state index contributed by atoms with van der Waals surface area (Å²) in [4.78, 5) is 41.7. The highest BCUT2D eigenvalue weighted by atomic mass is 16.5. The summed E-state index contributed by atoms with van der Waals surface area (Å²) >= 11 is 0. The van der Waals surface area contributed by atoms with Gasteiger partial charge in [0.25, 0.3) is 0 Å². The maximum absolute atomic E-state index is 11.0. The van der Waals surface area contributed by atoms with Crippen molar-refractivity contribution in [3.8, 4) is 0 Å². The molecule has 0 heterocycles. The van der Waals surface area contributed by atoms with Gasteiger partial charge in [-0.15, -0.1) is 0 Å². The number of hydrogen-bond donors (Lipinski definition) is 4. The molecule has 32 heavy (non-hydrogen) atoms. The molecule has 0 bridgehead atoms. The molecule has 0 aliphatic heterocycles. The van der Waals surface area contributed by atoms with Crippen LogP contribution in [0.5, 0.6) is 0 Å². The Morgan fingerprint density at radius 1 is 0.750 bits per heavy atom. The standard InChI is InChI=1S/C10H18O4.C8H12O4.C4H10O2/c1-2-3-8-14-10(13)7-5-4-6-9(11)12;1-2-3-6-12-8(11)5-4-7(9)10;1-2-3-4(5)6/h2-8H2,1H3,(H,11,12);4-5H,2-3,6H2,1H3,(H,9,10);4-6H,2-3H2,1H3. The molecule has 10 nitrogen and oxygen atoms in total. The molecule has 0 aromatic heterocycles. The summed E-state index contributed by atoms with van der Waals surface area (Å²) in [5, 5.41) is 32.7. The zero-order valence-electron chi connectivity index (χ0n) is 19.5. The number of unbranched alkanes of at least 4 members (excludes halogenated alkanes) is 3. The van der Waals surface area contributed by atoms with Crippen LogP contribution >= 0.6 is 0 Å². The van der Waals surface area contributed by atoms with Gasteiger partial charge in [0.2, 0.25) is 0 Å². The molecule has 0 atom stereocenters. The number of carbonyl (C=O) groups excluding carboxylic acids is 2. The second-order valence-electron chi connectivity index (χ2n) is 6.64. The lowest BCUT2D eigenvalue weighted by Crippen LogP contribution is -2.05. The highest BCUT2D eigenvalue weighted by Crippen LogP contribution is 2.02. The van der Waals surface area contributed by atoms with Gasteiger partial charge in [-0.05, 0) is 32.1 Å². The predicted octanol–water partition coefficient (Wildman–Crippen LogP) is 3.04. The van der Waals surface area contributed by atoms with Gasteiger partial charge in [-0.25, -0.2) is 9.59 Å². The van der Waals surface area contributed by atoms with Crippen LogP contribution in [0.25, 0.3) is 0 Å². The molecule has 0 unspecified atom stereocenters. The minimum atomic E-state index is -1.15. The van der Waals surface area contributed by atoms with Gasteiger partial charge in [0.15, 0.2) is 6.29 Å². The summed E-state index contributed by atoms with van der Waals surface area (Å²) in [5.41, 5.74) is 0. The summed E-state index contributed by atoms with van der Waals surface area (Å²) in [5.74, 6) is -2.79. The number of aliphatic hydroxyl groups excluding tert-OH is 1. The molecule has 188 valence electrons. The van der Waals surface area contributed by atoms with Crippen molar-refractivity contribution in [2.75, 3.05) is 13.2 Å². The van der Waals surface area contributed by atoms with Gasteiger partial charge in [0, 0.05) is 25.0 Å². The summed E-state index contributed by atoms with van der Waals surface area (Å²) in [7, 11) is 0. The Kier molecular flexibility index (Phi) is 28.4. The highest BCUT2D eigenvalue weighted by molar-refractivity contribution is 5.90. The SMILES string of the molecule is CCCC(O)O.CCCCOC(=O)C=CC(=O)O.CCCCOC(=O)CCCCC(=O)O. The van der Waals surface area contributed by atoms with Crippen LogP contribution in [0, 0.1) is 0 Å². The molecular weight excluding hydrogens is 424 g/mol. The topological polar surface area (TPSA) is 168 Å². The van der Waals surface area contributed by atoms with Gasteiger partial charge in [0.1, 0.15) is 0 Å². The van der Waals surface area contributed by atoms with Crippen LogP contribution in [-0.2, 0) is 28.7 Å². The van der Waals surface area contributed by atoms with Crippen molar-refractivity contribution in [1.29, 1.82) is 0 Å². The molecule has 10 heteroatoms. The van der Waals surface area contributed by atoms with E-state index in [1.807, 2.05) is 20.8 Å². The molecular formula is C22H40O10. The first-order chi connectivity index (χ1) is 15.1. The molecule has 0 amide bonds. The molecule has 0 radical (unpaired) electrons. The van der Waals surface area contributed by atoms with E-state index in [1.165, 1.54) is 0 Å². The zero-order chi connectivity index (χ0) is 25.2. The quantitative estimate of drug-likeness (QED) is 0.122. The van der Waals surface area contributed by atoms with Crippen LogP contribution in [0.1, 0.15) is 85.0 Å². The summed E-state index contributed by atoms with van der Waals surface area (Å²) < 4.78 is 9.55. The van der Waals surface area contributed by atoms with Crippen molar-refractivity contribution in [2.45, 2.75) is 91.3 Å². The van der Waals surface area contributed by atoms with Crippen molar-refractivity contribution >= 4 is 23.9 Å². The Labute approximate surface area is 190 Å². The molecule has 0 aromatic rings. The first kappa shape index (κ1) is 34.2. The molecule has 0 spiro atoms. The van der Waals surface area contributed by atoms with Crippen LogP contribution in [0.2, 0.25) is 0 Å². The van der Waals surface area contributed by atoms with Crippen molar-refractivity contribution in [1.82, 2.24) is 0 Å². The maximum Gasteiger partial charge on any atom is 0.331 e. The second kappa shape index (κ2) is 26.6. The monoisotopic (exact) mass is 464 g/mol. The summed E-state index contributed by atoms with van der Waals surface area (Å²) in [6.45, 7) is 6.73. The fourth-order valence-corrected chi connectivity index (χ4v) is 1.71. The Balaban J connectivity index is -0.000000425. The van der Waals surface area contributed by atoms with E-state index < -0.39 is 24.2 Å². The van der Waals surface area contributed by atoms with E-state index in [-0.39, 0.29) is 12.4 Å². The molecule has 0 fully saturated rings.